The quantitative estimate of drug-likeness (QED) is 0.892. The molecular weight excluding hydrogens is 282 g/mol. The van der Waals surface area contributed by atoms with Crippen molar-refractivity contribution in [2.24, 2.45) is 5.92 Å². The number of para-hydroxylation sites is 1. The number of nitrogens with zero attached hydrogens (tertiary/aromatic N) is 2. The molecule has 1 fully saturated rings. The number of aromatic nitrogens is 1. The first-order valence-corrected chi connectivity index (χ1v) is 8.26. The van der Waals surface area contributed by atoms with Gasteiger partial charge in [0.25, 0.3) is 0 Å². The molecule has 0 radical (unpaired) electrons. The number of carbonyl (C=O) groups is 1. The van der Waals surface area contributed by atoms with Crippen molar-refractivity contribution in [3.8, 4) is 0 Å². The van der Waals surface area contributed by atoms with Gasteiger partial charge >= 0.3 is 0 Å². The molecule has 1 aromatic heterocycles. The van der Waals surface area contributed by atoms with E-state index in [9.17, 15) is 4.79 Å². The van der Waals surface area contributed by atoms with E-state index < -0.39 is 0 Å². The molecule has 1 amide bonds. The van der Waals surface area contributed by atoms with Gasteiger partial charge in [-0.05, 0) is 44.9 Å². The average Bonchev–Trinajstić information content (AvgIpc) is 3.19. The lowest BCUT2D eigenvalue weighted by molar-refractivity contribution is -0.122. The number of thiazole rings is 1. The molecule has 0 bridgehead atoms. The van der Waals surface area contributed by atoms with Gasteiger partial charge in [-0.15, -0.1) is 11.3 Å². The van der Waals surface area contributed by atoms with Crippen LogP contribution < -0.4 is 5.32 Å². The third kappa shape index (κ3) is 3.80. The maximum Gasteiger partial charge on any atom is 0.234 e. The first kappa shape index (κ1) is 14.5. The fraction of sp³-hybridized carbons (Fsp3) is 0.500. The summed E-state index contributed by atoms with van der Waals surface area (Å²) < 4.78 is 1.20. The van der Waals surface area contributed by atoms with E-state index in [-0.39, 0.29) is 5.91 Å². The highest BCUT2D eigenvalue weighted by Gasteiger charge is 2.28. The van der Waals surface area contributed by atoms with Gasteiger partial charge in [0.1, 0.15) is 5.01 Å². The Bertz CT molecular complexity index is 602. The van der Waals surface area contributed by atoms with Gasteiger partial charge < -0.3 is 5.32 Å². The van der Waals surface area contributed by atoms with E-state index in [4.69, 9.17) is 0 Å². The molecule has 0 spiro atoms. The number of benzene rings is 1. The zero-order valence-electron chi connectivity index (χ0n) is 12.5. The number of nitrogens with one attached hydrogen (secondary N) is 1. The summed E-state index contributed by atoms with van der Waals surface area (Å²) in [5.41, 5.74) is 1.04. The molecule has 3 rings (SSSR count). The van der Waals surface area contributed by atoms with Crippen molar-refractivity contribution in [3.63, 3.8) is 0 Å². The minimum atomic E-state index is 0.109. The van der Waals surface area contributed by atoms with E-state index in [0.717, 1.165) is 10.5 Å². The lowest BCUT2D eigenvalue weighted by atomic mass is 10.2. The van der Waals surface area contributed by atoms with Crippen LogP contribution in [0.1, 0.15) is 24.8 Å². The van der Waals surface area contributed by atoms with Gasteiger partial charge in [-0.25, -0.2) is 4.98 Å². The summed E-state index contributed by atoms with van der Waals surface area (Å²) in [5.74, 6) is 0.807. The molecule has 4 nitrogen and oxygen atoms in total. The summed E-state index contributed by atoms with van der Waals surface area (Å²) in [7, 11) is 1.97. The van der Waals surface area contributed by atoms with Crippen molar-refractivity contribution < 1.29 is 4.79 Å². The molecule has 1 saturated carbocycles. The lowest BCUT2D eigenvalue weighted by Gasteiger charge is -2.17. The van der Waals surface area contributed by atoms with Gasteiger partial charge in [0.2, 0.25) is 5.91 Å². The SMILES string of the molecule is C[C@H](NC(=O)CN(C)Cc1nc2ccccc2s1)C1CC1. The summed E-state index contributed by atoms with van der Waals surface area (Å²) >= 11 is 1.70. The van der Waals surface area contributed by atoms with Crippen LogP contribution in [0, 0.1) is 5.92 Å². The average molecular weight is 303 g/mol. The summed E-state index contributed by atoms with van der Waals surface area (Å²) in [6.07, 6.45) is 2.51. The van der Waals surface area contributed by atoms with Crippen molar-refractivity contribution >= 4 is 27.5 Å². The number of fused-ring (bicyclic) bond motifs is 1. The van der Waals surface area contributed by atoms with Gasteiger partial charge in [0, 0.05) is 6.04 Å². The van der Waals surface area contributed by atoms with Crippen LogP contribution in [0.5, 0.6) is 0 Å². The van der Waals surface area contributed by atoms with Crippen molar-refractivity contribution in [2.45, 2.75) is 32.4 Å². The number of rotatable bonds is 6. The van der Waals surface area contributed by atoms with Gasteiger partial charge in [-0.1, -0.05) is 12.1 Å². The Labute approximate surface area is 129 Å². The van der Waals surface area contributed by atoms with Crippen LogP contribution in [0.4, 0.5) is 0 Å². The molecule has 0 saturated heterocycles. The van der Waals surface area contributed by atoms with E-state index in [2.05, 4.69) is 23.3 Å². The number of carbonyl (C=O) groups excluding carboxylic acids is 1. The Morgan fingerprint density at radius 3 is 2.95 bits per heavy atom. The Kier molecular flexibility index (Phi) is 4.22. The number of hydrogen-bond donors (Lipinski definition) is 1. The highest BCUT2D eigenvalue weighted by Crippen LogP contribution is 2.32. The molecule has 5 heteroatoms. The van der Waals surface area contributed by atoms with Gasteiger partial charge in [0.05, 0.1) is 23.3 Å². The normalized spacial score (nSPS) is 16.3. The zero-order valence-corrected chi connectivity index (χ0v) is 13.3. The van der Waals surface area contributed by atoms with Crippen LogP contribution in [0.2, 0.25) is 0 Å². The molecule has 0 aliphatic heterocycles. The second kappa shape index (κ2) is 6.12. The van der Waals surface area contributed by atoms with E-state index in [0.29, 0.717) is 25.0 Å². The van der Waals surface area contributed by atoms with Crippen LogP contribution in [0.3, 0.4) is 0 Å². The summed E-state index contributed by atoms with van der Waals surface area (Å²) in [6.45, 7) is 3.24. The van der Waals surface area contributed by atoms with Crippen LogP contribution >= 0.6 is 11.3 Å². The Balaban J connectivity index is 1.53. The van der Waals surface area contributed by atoms with Crippen molar-refractivity contribution in [2.75, 3.05) is 13.6 Å². The number of amides is 1. The van der Waals surface area contributed by atoms with Crippen LogP contribution in [-0.4, -0.2) is 35.4 Å². The molecule has 1 aromatic carbocycles. The van der Waals surface area contributed by atoms with Gasteiger partial charge in [-0.2, -0.15) is 0 Å². The Morgan fingerprint density at radius 2 is 2.24 bits per heavy atom. The fourth-order valence-corrected chi connectivity index (χ4v) is 3.58. The van der Waals surface area contributed by atoms with Crippen molar-refractivity contribution in [3.05, 3.63) is 29.3 Å². The standard InChI is InChI=1S/C16H21N3OS/c1-11(12-7-8-12)17-15(20)9-19(2)10-16-18-13-5-3-4-6-14(13)21-16/h3-6,11-12H,7-10H2,1-2H3,(H,17,20)/t11-/m0/s1. The Morgan fingerprint density at radius 1 is 1.48 bits per heavy atom. The zero-order chi connectivity index (χ0) is 14.8. The summed E-state index contributed by atoms with van der Waals surface area (Å²) in [6, 6.07) is 8.46. The Hall–Kier alpha value is -1.46. The molecule has 21 heavy (non-hydrogen) atoms. The number of likely N-dealkylation sites (N-methyl/N-ethyl adjacent to an activating group) is 1. The predicted octanol–water partition coefficient (Wildman–Crippen LogP) is 2.64. The largest absolute Gasteiger partial charge is 0.352 e. The van der Waals surface area contributed by atoms with Crippen molar-refractivity contribution in [1.82, 2.24) is 15.2 Å². The molecule has 112 valence electrons. The smallest absolute Gasteiger partial charge is 0.234 e. The molecule has 1 N–H and O–H groups in total. The maximum absolute atomic E-state index is 12.0. The van der Waals surface area contributed by atoms with Crippen LogP contribution in [0.15, 0.2) is 24.3 Å². The molecule has 1 heterocycles. The van der Waals surface area contributed by atoms with E-state index >= 15 is 0 Å². The highest BCUT2D eigenvalue weighted by molar-refractivity contribution is 7.18. The minimum absolute atomic E-state index is 0.109. The van der Waals surface area contributed by atoms with E-state index in [1.165, 1.54) is 17.5 Å². The minimum Gasteiger partial charge on any atom is -0.352 e. The third-order valence-corrected chi connectivity index (χ3v) is 4.90. The molecule has 1 aliphatic rings. The van der Waals surface area contributed by atoms with Crippen molar-refractivity contribution in [1.29, 1.82) is 0 Å². The highest BCUT2D eigenvalue weighted by atomic mass is 32.1. The summed E-state index contributed by atoms with van der Waals surface area (Å²) in [5, 5.41) is 4.14. The molecular formula is C16H21N3OS. The third-order valence-electron chi connectivity index (χ3n) is 3.87. The maximum atomic E-state index is 12.0. The first-order valence-electron chi connectivity index (χ1n) is 7.44. The molecule has 2 aromatic rings. The molecule has 1 atom stereocenters. The molecule has 0 unspecified atom stereocenters. The number of hydrogen-bond acceptors (Lipinski definition) is 4. The van der Waals surface area contributed by atoms with E-state index in [1.807, 2.05) is 30.1 Å². The summed E-state index contributed by atoms with van der Waals surface area (Å²) in [4.78, 5) is 18.6. The topological polar surface area (TPSA) is 45.2 Å². The monoisotopic (exact) mass is 303 g/mol. The van der Waals surface area contributed by atoms with Gasteiger partial charge in [0.15, 0.2) is 0 Å². The van der Waals surface area contributed by atoms with Gasteiger partial charge in [-0.3, -0.25) is 9.69 Å². The van der Waals surface area contributed by atoms with Crippen LogP contribution in [0.25, 0.3) is 10.2 Å². The fourth-order valence-electron chi connectivity index (χ4n) is 2.53. The molecule has 1 aliphatic carbocycles. The predicted molar refractivity (Wildman–Crippen MR) is 86.3 cm³/mol. The van der Waals surface area contributed by atoms with E-state index in [1.54, 1.807) is 11.3 Å². The lowest BCUT2D eigenvalue weighted by Crippen LogP contribution is -2.40. The second-order valence-corrected chi connectivity index (χ2v) is 7.06. The van der Waals surface area contributed by atoms with Crippen LogP contribution in [-0.2, 0) is 11.3 Å². The first-order chi connectivity index (χ1) is 10.1. The second-order valence-electron chi connectivity index (χ2n) is 5.94.